The minimum absolute atomic E-state index is 0.0337. The second-order valence-electron chi connectivity index (χ2n) is 7.05. The zero-order chi connectivity index (χ0) is 24.6. The van der Waals surface area contributed by atoms with Crippen molar-refractivity contribution in [1.29, 1.82) is 0 Å². The third-order valence-corrected chi connectivity index (χ3v) is 6.73. The van der Waals surface area contributed by atoms with E-state index in [-0.39, 0.29) is 36.0 Å². The normalized spacial score (nSPS) is 14.2. The number of anilines is 1. The van der Waals surface area contributed by atoms with Gasteiger partial charge in [0.25, 0.3) is 5.91 Å². The average Bonchev–Trinajstić information content (AvgIpc) is 2.87. The molecule has 184 valence electrons. The molecule has 0 spiro atoms. The highest BCUT2D eigenvalue weighted by Gasteiger charge is 2.27. The molecule has 0 saturated carbocycles. The van der Waals surface area contributed by atoms with Gasteiger partial charge in [0.05, 0.1) is 38.0 Å². The van der Waals surface area contributed by atoms with E-state index in [1.165, 1.54) is 36.7 Å². The van der Waals surface area contributed by atoms with E-state index in [9.17, 15) is 18.0 Å². The van der Waals surface area contributed by atoms with Crippen molar-refractivity contribution in [3.8, 4) is 17.2 Å². The fraction of sp³-hybridized carbons (Fsp3) is 0.364. The standard InChI is InChI=1S/C22H26N2O9S/c1-29-16-3-5-17(6-4-16)32-15-22(26)33-14-21(25)23-19-8-7-18(13-20(19)30-2)34(27,28)24-9-11-31-12-10-24/h3-8,13H,9-12,14-15H2,1-2H3,(H,23,25). The second-order valence-corrected chi connectivity index (χ2v) is 8.99. The van der Waals surface area contributed by atoms with Crippen LogP contribution in [-0.4, -0.2) is 78.3 Å². The van der Waals surface area contributed by atoms with Gasteiger partial charge in [-0.05, 0) is 36.4 Å². The van der Waals surface area contributed by atoms with Gasteiger partial charge < -0.3 is 29.0 Å². The number of amides is 1. The molecule has 3 rings (SSSR count). The van der Waals surface area contributed by atoms with Crippen molar-refractivity contribution in [2.24, 2.45) is 0 Å². The molecule has 0 aliphatic carbocycles. The van der Waals surface area contributed by atoms with Gasteiger partial charge >= 0.3 is 5.97 Å². The maximum Gasteiger partial charge on any atom is 0.344 e. The van der Waals surface area contributed by atoms with Crippen LogP contribution in [0, 0.1) is 0 Å². The zero-order valence-corrected chi connectivity index (χ0v) is 19.6. The van der Waals surface area contributed by atoms with E-state index < -0.39 is 28.5 Å². The summed E-state index contributed by atoms with van der Waals surface area (Å²) in [6, 6.07) is 10.7. The maximum atomic E-state index is 12.8. The number of ether oxygens (including phenoxy) is 5. The van der Waals surface area contributed by atoms with E-state index in [4.69, 9.17) is 23.7 Å². The van der Waals surface area contributed by atoms with Crippen LogP contribution < -0.4 is 19.5 Å². The van der Waals surface area contributed by atoms with Crippen molar-refractivity contribution in [2.75, 3.05) is 59.1 Å². The van der Waals surface area contributed by atoms with E-state index in [1.54, 1.807) is 24.3 Å². The third kappa shape index (κ3) is 6.59. The Morgan fingerprint density at radius 2 is 1.65 bits per heavy atom. The number of carbonyl (C=O) groups excluding carboxylic acids is 2. The van der Waals surface area contributed by atoms with Crippen molar-refractivity contribution < 1.29 is 41.7 Å². The van der Waals surface area contributed by atoms with Crippen LogP contribution >= 0.6 is 0 Å². The summed E-state index contributed by atoms with van der Waals surface area (Å²) < 4.78 is 52.7. The summed E-state index contributed by atoms with van der Waals surface area (Å²) in [5.74, 6) is -0.116. The molecule has 1 fully saturated rings. The fourth-order valence-electron chi connectivity index (χ4n) is 3.06. The molecule has 34 heavy (non-hydrogen) atoms. The van der Waals surface area contributed by atoms with E-state index >= 15 is 0 Å². The number of sulfonamides is 1. The number of nitrogens with one attached hydrogen (secondary N) is 1. The summed E-state index contributed by atoms with van der Waals surface area (Å²) in [6.45, 7) is 0.245. The Bertz CT molecular complexity index is 1100. The number of morpholine rings is 1. The molecule has 0 atom stereocenters. The lowest BCUT2D eigenvalue weighted by atomic mass is 10.3. The van der Waals surface area contributed by atoms with Gasteiger partial charge in [-0.25, -0.2) is 13.2 Å². The predicted molar refractivity (Wildman–Crippen MR) is 121 cm³/mol. The van der Waals surface area contributed by atoms with Gasteiger partial charge in [-0.3, -0.25) is 4.79 Å². The Balaban J connectivity index is 1.53. The average molecular weight is 495 g/mol. The zero-order valence-electron chi connectivity index (χ0n) is 18.8. The first-order chi connectivity index (χ1) is 16.3. The van der Waals surface area contributed by atoms with Gasteiger partial charge in [0.2, 0.25) is 10.0 Å². The summed E-state index contributed by atoms with van der Waals surface area (Å²) in [4.78, 5) is 24.1. The Morgan fingerprint density at radius 1 is 0.971 bits per heavy atom. The molecule has 0 aromatic heterocycles. The SMILES string of the molecule is COc1ccc(OCC(=O)OCC(=O)Nc2ccc(S(=O)(=O)N3CCOCC3)cc2OC)cc1. The molecule has 0 radical (unpaired) electrons. The van der Waals surface area contributed by atoms with Crippen LogP contribution in [0.1, 0.15) is 0 Å². The van der Waals surface area contributed by atoms with E-state index in [0.29, 0.717) is 24.7 Å². The highest BCUT2D eigenvalue weighted by molar-refractivity contribution is 7.89. The third-order valence-electron chi connectivity index (χ3n) is 4.84. The van der Waals surface area contributed by atoms with Crippen molar-refractivity contribution >= 4 is 27.6 Å². The molecule has 12 heteroatoms. The minimum atomic E-state index is -3.72. The number of rotatable bonds is 10. The molecule has 1 saturated heterocycles. The molecule has 2 aromatic carbocycles. The highest BCUT2D eigenvalue weighted by Crippen LogP contribution is 2.29. The quantitative estimate of drug-likeness (QED) is 0.486. The summed E-state index contributed by atoms with van der Waals surface area (Å²) in [6.07, 6.45) is 0. The smallest absolute Gasteiger partial charge is 0.344 e. The molecule has 2 aromatic rings. The molecule has 11 nitrogen and oxygen atoms in total. The fourth-order valence-corrected chi connectivity index (χ4v) is 4.48. The van der Waals surface area contributed by atoms with Crippen LogP contribution in [0.2, 0.25) is 0 Å². The molecule has 1 aliphatic rings. The summed E-state index contributed by atoms with van der Waals surface area (Å²) in [5, 5.41) is 2.54. The van der Waals surface area contributed by atoms with Crippen molar-refractivity contribution in [1.82, 2.24) is 4.31 Å². The Hall–Kier alpha value is -3.35. The van der Waals surface area contributed by atoms with Crippen LogP contribution in [0.15, 0.2) is 47.4 Å². The van der Waals surface area contributed by atoms with Crippen molar-refractivity contribution in [2.45, 2.75) is 4.90 Å². The number of benzene rings is 2. The predicted octanol–water partition coefficient (Wildman–Crippen LogP) is 1.29. The lowest BCUT2D eigenvalue weighted by Gasteiger charge is -2.26. The van der Waals surface area contributed by atoms with Gasteiger partial charge in [-0.15, -0.1) is 0 Å². The molecule has 1 N–H and O–H groups in total. The first-order valence-electron chi connectivity index (χ1n) is 10.3. The van der Waals surface area contributed by atoms with Gasteiger partial charge in [-0.2, -0.15) is 4.31 Å². The van der Waals surface area contributed by atoms with Gasteiger partial charge in [0, 0.05) is 19.2 Å². The molecule has 1 aliphatic heterocycles. The van der Waals surface area contributed by atoms with Crippen LogP contribution in [0.25, 0.3) is 0 Å². The first kappa shape index (κ1) is 25.3. The van der Waals surface area contributed by atoms with Crippen molar-refractivity contribution in [3.05, 3.63) is 42.5 Å². The number of hydrogen-bond acceptors (Lipinski definition) is 9. The van der Waals surface area contributed by atoms with Gasteiger partial charge in [-0.1, -0.05) is 0 Å². The summed E-state index contributed by atoms with van der Waals surface area (Å²) in [7, 11) is -0.833. The van der Waals surface area contributed by atoms with E-state index in [0.717, 1.165) is 0 Å². The number of methoxy groups -OCH3 is 2. The molecular formula is C22H26N2O9S. The number of esters is 1. The highest BCUT2D eigenvalue weighted by atomic mass is 32.2. The van der Waals surface area contributed by atoms with Crippen molar-refractivity contribution in [3.63, 3.8) is 0 Å². The van der Waals surface area contributed by atoms with Gasteiger partial charge in [0.15, 0.2) is 13.2 Å². The van der Waals surface area contributed by atoms with Crippen LogP contribution in [0.5, 0.6) is 17.2 Å². The lowest BCUT2D eigenvalue weighted by molar-refractivity contribution is -0.149. The monoisotopic (exact) mass is 494 g/mol. The number of nitrogens with zero attached hydrogens (tertiary/aromatic N) is 1. The second kappa shape index (κ2) is 11.7. The van der Waals surface area contributed by atoms with E-state index in [2.05, 4.69) is 5.32 Å². The summed E-state index contributed by atoms with van der Waals surface area (Å²) in [5.41, 5.74) is 0.235. The Kier molecular flexibility index (Phi) is 8.68. The largest absolute Gasteiger partial charge is 0.497 e. The minimum Gasteiger partial charge on any atom is -0.497 e. The number of carbonyl (C=O) groups is 2. The Labute approximate surface area is 197 Å². The molecular weight excluding hydrogens is 468 g/mol. The first-order valence-corrected chi connectivity index (χ1v) is 11.8. The topological polar surface area (TPSA) is 130 Å². The molecule has 1 amide bonds. The molecule has 0 unspecified atom stereocenters. The van der Waals surface area contributed by atoms with E-state index in [1.807, 2.05) is 0 Å². The summed E-state index contributed by atoms with van der Waals surface area (Å²) >= 11 is 0. The Morgan fingerprint density at radius 3 is 2.29 bits per heavy atom. The number of hydrogen-bond donors (Lipinski definition) is 1. The lowest BCUT2D eigenvalue weighted by Crippen LogP contribution is -2.40. The van der Waals surface area contributed by atoms with Crippen LogP contribution in [0.4, 0.5) is 5.69 Å². The molecule has 1 heterocycles. The van der Waals surface area contributed by atoms with Gasteiger partial charge in [0.1, 0.15) is 17.2 Å². The molecule has 0 bridgehead atoms. The van der Waals surface area contributed by atoms with Crippen LogP contribution in [-0.2, 0) is 29.1 Å². The maximum absolute atomic E-state index is 12.8. The van der Waals surface area contributed by atoms with Crippen LogP contribution in [0.3, 0.4) is 0 Å².